The Hall–Kier alpha value is -1.58. The van der Waals surface area contributed by atoms with Crippen LogP contribution < -0.4 is 0 Å². The standard InChI is InChI=1S/C18H28O17/c1-2-3(19)4(20)9(25)17(31-2)35-13-8(24)6(22)11(15(28)29)33-18(13)34-12-7(23)5(21)10(14(26)27)32-16(12)30/h2-13,16-25,30H,1H3,(H,26,27)(H,28,29)/t2-,3-,4+,5-,6-,7-,8-,9+,10-,11-,12+,13+,16+,17-,18-/m0/s1. The van der Waals surface area contributed by atoms with Gasteiger partial charge < -0.3 is 74.7 Å². The Labute approximate surface area is 196 Å². The van der Waals surface area contributed by atoms with E-state index in [1.54, 1.807) is 0 Å². The fraction of sp³-hybridized carbons (Fsp3) is 0.889. The third kappa shape index (κ3) is 5.42. The summed E-state index contributed by atoms with van der Waals surface area (Å²) in [6.45, 7) is 1.32. The average molecular weight is 516 g/mol. The van der Waals surface area contributed by atoms with Crippen LogP contribution in [0, 0.1) is 0 Å². The van der Waals surface area contributed by atoms with Crippen molar-refractivity contribution in [3.05, 3.63) is 0 Å². The summed E-state index contributed by atoms with van der Waals surface area (Å²) in [5, 5.41) is 99.4. The van der Waals surface area contributed by atoms with Crippen molar-refractivity contribution < 1.29 is 84.3 Å². The molecule has 3 heterocycles. The van der Waals surface area contributed by atoms with E-state index in [1.165, 1.54) is 6.92 Å². The lowest BCUT2D eigenvalue weighted by Gasteiger charge is -2.47. The van der Waals surface area contributed by atoms with E-state index in [9.17, 15) is 55.5 Å². The first-order valence-corrected chi connectivity index (χ1v) is 10.4. The highest BCUT2D eigenvalue weighted by atomic mass is 16.8. The number of aliphatic carboxylic acids is 2. The van der Waals surface area contributed by atoms with Crippen LogP contribution in [0.3, 0.4) is 0 Å². The molecule has 3 fully saturated rings. The second-order valence-corrected chi connectivity index (χ2v) is 8.39. The second kappa shape index (κ2) is 10.8. The Morgan fingerprint density at radius 2 is 1.06 bits per heavy atom. The molecule has 0 unspecified atom stereocenters. The Balaban J connectivity index is 1.85. The molecule has 202 valence electrons. The Morgan fingerprint density at radius 1 is 0.571 bits per heavy atom. The normalized spacial score (nSPS) is 51.1. The molecule has 0 bridgehead atoms. The first kappa shape index (κ1) is 28.0. The van der Waals surface area contributed by atoms with Crippen LogP contribution >= 0.6 is 0 Å². The van der Waals surface area contributed by atoms with E-state index >= 15 is 0 Å². The van der Waals surface area contributed by atoms with Crippen molar-refractivity contribution in [2.75, 3.05) is 0 Å². The van der Waals surface area contributed by atoms with Gasteiger partial charge in [-0.05, 0) is 6.92 Å². The topological polar surface area (TPSA) is 283 Å². The summed E-state index contributed by atoms with van der Waals surface area (Å²) < 4.78 is 25.8. The van der Waals surface area contributed by atoms with Crippen molar-refractivity contribution in [1.29, 1.82) is 0 Å². The minimum atomic E-state index is -2.19. The quantitative estimate of drug-likeness (QED) is 0.157. The van der Waals surface area contributed by atoms with Crippen LogP contribution in [-0.2, 0) is 33.3 Å². The molecule has 0 amide bonds. The van der Waals surface area contributed by atoms with Gasteiger partial charge in [-0.25, -0.2) is 9.59 Å². The van der Waals surface area contributed by atoms with Gasteiger partial charge in [-0.2, -0.15) is 0 Å². The van der Waals surface area contributed by atoms with E-state index in [4.69, 9.17) is 28.8 Å². The summed E-state index contributed by atoms with van der Waals surface area (Å²) in [5.74, 6) is -3.47. The number of hydrogen-bond donors (Lipinski definition) is 10. The highest BCUT2D eigenvalue weighted by Crippen LogP contribution is 2.32. The van der Waals surface area contributed by atoms with Crippen molar-refractivity contribution in [3.8, 4) is 0 Å². The molecule has 15 atom stereocenters. The van der Waals surface area contributed by atoms with Crippen molar-refractivity contribution in [2.45, 2.75) is 99.0 Å². The Bertz CT molecular complexity index is 765. The van der Waals surface area contributed by atoms with Crippen LogP contribution in [0.1, 0.15) is 6.92 Å². The van der Waals surface area contributed by atoms with Gasteiger partial charge in [0.25, 0.3) is 0 Å². The maximum Gasteiger partial charge on any atom is 0.335 e. The fourth-order valence-corrected chi connectivity index (χ4v) is 3.93. The molecule has 35 heavy (non-hydrogen) atoms. The molecule has 10 N–H and O–H groups in total. The van der Waals surface area contributed by atoms with Gasteiger partial charge in [0.2, 0.25) is 0 Å². The largest absolute Gasteiger partial charge is 0.479 e. The number of carboxylic acids is 2. The highest BCUT2D eigenvalue weighted by Gasteiger charge is 2.55. The van der Waals surface area contributed by atoms with Gasteiger partial charge in [-0.15, -0.1) is 0 Å². The molecule has 0 aromatic carbocycles. The lowest BCUT2D eigenvalue weighted by molar-refractivity contribution is -0.384. The minimum Gasteiger partial charge on any atom is -0.479 e. The molecule has 0 aromatic heterocycles. The number of aliphatic hydroxyl groups is 8. The summed E-state index contributed by atoms with van der Waals surface area (Å²) in [6.07, 6.45) is -28.8. The van der Waals surface area contributed by atoms with Crippen molar-refractivity contribution >= 4 is 11.9 Å². The van der Waals surface area contributed by atoms with E-state index in [0.29, 0.717) is 0 Å². The predicted octanol–water partition coefficient (Wildman–Crippen LogP) is -6.36. The Morgan fingerprint density at radius 3 is 1.60 bits per heavy atom. The van der Waals surface area contributed by atoms with Crippen LogP contribution in [0.15, 0.2) is 0 Å². The lowest BCUT2D eigenvalue weighted by atomic mass is 9.96. The summed E-state index contributed by atoms with van der Waals surface area (Å²) in [4.78, 5) is 22.6. The predicted molar refractivity (Wildman–Crippen MR) is 101 cm³/mol. The molecule has 0 spiro atoms. The van der Waals surface area contributed by atoms with E-state index in [-0.39, 0.29) is 0 Å². The van der Waals surface area contributed by atoms with Gasteiger partial charge in [0, 0.05) is 0 Å². The molecular weight excluding hydrogens is 488 g/mol. The molecule has 17 heteroatoms. The molecular formula is C18H28O17. The number of ether oxygens (including phenoxy) is 5. The van der Waals surface area contributed by atoms with Crippen molar-refractivity contribution in [2.24, 2.45) is 0 Å². The molecule has 3 rings (SSSR count). The van der Waals surface area contributed by atoms with Crippen molar-refractivity contribution in [1.82, 2.24) is 0 Å². The fourth-order valence-electron chi connectivity index (χ4n) is 3.93. The monoisotopic (exact) mass is 516 g/mol. The third-order valence-electron chi connectivity index (χ3n) is 5.99. The zero-order valence-corrected chi connectivity index (χ0v) is 18.0. The molecule has 0 saturated carbocycles. The van der Waals surface area contributed by atoms with Gasteiger partial charge in [-0.1, -0.05) is 0 Å². The van der Waals surface area contributed by atoms with Crippen LogP contribution in [0.5, 0.6) is 0 Å². The van der Waals surface area contributed by atoms with E-state index in [0.717, 1.165) is 0 Å². The number of rotatable bonds is 6. The van der Waals surface area contributed by atoms with Crippen LogP contribution in [-0.4, -0.2) is 155 Å². The maximum atomic E-state index is 11.5. The summed E-state index contributed by atoms with van der Waals surface area (Å²) in [5.41, 5.74) is 0. The van der Waals surface area contributed by atoms with Crippen LogP contribution in [0.25, 0.3) is 0 Å². The third-order valence-corrected chi connectivity index (χ3v) is 5.99. The van der Waals surface area contributed by atoms with Crippen LogP contribution in [0.4, 0.5) is 0 Å². The summed E-state index contributed by atoms with van der Waals surface area (Å²) in [7, 11) is 0. The molecule has 0 aromatic rings. The highest BCUT2D eigenvalue weighted by molar-refractivity contribution is 5.73. The lowest BCUT2D eigenvalue weighted by Crippen LogP contribution is -2.67. The first-order chi connectivity index (χ1) is 16.3. The molecule has 3 aliphatic heterocycles. The van der Waals surface area contributed by atoms with E-state index in [1.807, 2.05) is 0 Å². The van der Waals surface area contributed by atoms with Gasteiger partial charge >= 0.3 is 11.9 Å². The number of carboxylic acid groups (broad SMARTS) is 2. The SMILES string of the molecule is C[C@@H]1O[C@@H](O[C@H]2[C@H](O[C@@H]3[C@@H](O)[C@H](O)[C@@H](C(=O)O)O[C@H]3O)O[C@H](C(=O)O)[C@@H](O)[C@@H]2O)[C@H](O)[C@H](O)[C@H]1O. The summed E-state index contributed by atoms with van der Waals surface area (Å²) >= 11 is 0. The number of hydrogen-bond acceptors (Lipinski definition) is 15. The molecule has 0 aliphatic carbocycles. The van der Waals surface area contributed by atoms with Gasteiger partial charge in [0.1, 0.15) is 54.9 Å². The van der Waals surface area contributed by atoms with E-state index < -0.39 is 104 Å². The van der Waals surface area contributed by atoms with Gasteiger partial charge in [-0.3, -0.25) is 0 Å². The maximum absolute atomic E-state index is 11.5. The zero-order chi connectivity index (χ0) is 26.4. The smallest absolute Gasteiger partial charge is 0.335 e. The first-order valence-electron chi connectivity index (χ1n) is 10.4. The second-order valence-electron chi connectivity index (χ2n) is 8.39. The Kier molecular flexibility index (Phi) is 8.65. The molecule has 0 radical (unpaired) electrons. The molecule has 3 saturated heterocycles. The van der Waals surface area contributed by atoms with Gasteiger partial charge in [0.05, 0.1) is 6.10 Å². The number of carbonyl (C=O) groups is 2. The molecule has 3 aliphatic rings. The van der Waals surface area contributed by atoms with Crippen molar-refractivity contribution in [3.63, 3.8) is 0 Å². The summed E-state index contributed by atoms with van der Waals surface area (Å²) in [6, 6.07) is 0. The average Bonchev–Trinajstić information content (AvgIpc) is 2.79. The van der Waals surface area contributed by atoms with Crippen LogP contribution in [0.2, 0.25) is 0 Å². The molecule has 17 nitrogen and oxygen atoms in total. The number of aliphatic hydroxyl groups excluding tert-OH is 8. The van der Waals surface area contributed by atoms with Gasteiger partial charge in [0.15, 0.2) is 31.1 Å². The zero-order valence-electron chi connectivity index (χ0n) is 18.0. The minimum absolute atomic E-state index is 1.09. The van der Waals surface area contributed by atoms with E-state index in [2.05, 4.69) is 0 Å².